The number of carbonyl (C=O) groups is 2. The molecule has 0 aliphatic heterocycles. The van der Waals surface area contributed by atoms with Crippen molar-refractivity contribution in [2.24, 2.45) is 0 Å². The molecular formula is C18H15BrN4O2. The molecule has 25 heavy (non-hydrogen) atoms. The molecule has 126 valence electrons. The molecule has 3 rings (SSSR count). The summed E-state index contributed by atoms with van der Waals surface area (Å²) in [6.07, 6.45) is 3.19. The van der Waals surface area contributed by atoms with Gasteiger partial charge in [-0.1, -0.05) is 15.9 Å². The fraction of sp³-hybridized carbons (Fsp3) is 0.0556. The molecule has 0 unspecified atom stereocenters. The summed E-state index contributed by atoms with van der Waals surface area (Å²) in [6.45, 7) is 1.44. The summed E-state index contributed by atoms with van der Waals surface area (Å²) < 4.78 is 2.62. The van der Waals surface area contributed by atoms with Crippen LogP contribution in [-0.4, -0.2) is 21.6 Å². The van der Waals surface area contributed by atoms with Gasteiger partial charge in [0, 0.05) is 29.0 Å². The minimum atomic E-state index is -0.254. The molecule has 0 aliphatic rings. The fourth-order valence-corrected chi connectivity index (χ4v) is 2.48. The van der Waals surface area contributed by atoms with E-state index in [1.165, 1.54) is 13.1 Å². The Morgan fingerprint density at radius 2 is 1.56 bits per heavy atom. The summed E-state index contributed by atoms with van der Waals surface area (Å²) in [4.78, 5) is 23.3. The monoisotopic (exact) mass is 398 g/mol. The van der Waals surface area contributed by atoms with Crippen molar-refractivity contribution in [2.45, 2.75) is 6.92 Å². The lowest BCUT2D eigenvalue weighted by Gasteiger charge is -2.06. The highest BCUT2D eigenvalue weighted by atomic mass is 79.9. The first-order chi connectivity index (χ1) is 12.0. The third kappa shape index (κ3) is 4.33. The first kappa shape index (κ1) is 16.9. The summed E-state index contributed by atoms with van der Waals surface area (Å²) in [6, 6.07) is 14.5. The quantitative estimate of drug-likeness (QED) is 0.700. The van der Waals surface area contributed by atoms with Gasteiger partial charge in [-0.15, -0.1) is 0 Å². The van der Waals surface area contributed by atoms with Crippen LogP contribution in [-0.2, 0) is 4.79 Å². The number of halogens is 1. The van der Waals surface area contributed by atoms with Gasteiger partial charge in [0.05, 0.1) is 17.4 Å². The van der Waals surface area contributed by atoms with Crippen molar-refractivity contribution >= 4 is 39.1 Å². The first-order valence-electron chi connectivity index (χ1n) is 7.51. The largest absolute Gasteiger partial charge is 0.326 e. The molecule has 0 saturated heterocycles. The van der Waals surface area contributed by atoms with Crippen LogP contribution in [0, 0.1) is 0 Å². The SMILES string of the molecule is CC(=O)Nc1ccc(NC(=O)c2cnn(-c3ccc(Br)cc3)c2)cc1. The number of hydrogen-bond acceptors (Lipinski definition) is 3. The molecule has 1 heterocycles. The Labute approximate surface area is 153 Å². The number of hydrogen-bond donors (Lipinski definition) is 2. The minimum Gasteiger partial charge on any atom is -0.326 e. The normalized spacial score (nSPS) is 10.3. The zero-order valence-electron chi connectivity index (χ0n) is 13.4. The topological polar surface area (TPSA) is 76.0 Å². The van der Waals surface area contributed by atoms with Crippen LogP contribution in [0.25, 0.3) is 5.69 Å². The van der Waals surface area contributed by atoms with Gasteiger partial charge in [0.25, 0.3) is 5.91 Å². The Morgan fingerprint density at radius 3 is 2.16 bits per heavy atom. The summed E-state index contributed by atoms with van der Waals surface area (Å²) in [5, 5.41) is 9.69. The van der Waals surface area contributed by atoms with Crippen molar-refractivity contribution in [3.63, 3.8) is 0 Å². The molecule has 0 bridgehead atoms. The second kappa shape index (κ2) is 7.31. The van der Waals surface area contributed by atoms with Crippen molar-refractivity contribution in [1.82, 2.24) is 9.78 Å². The Balaban J connectivity index is 1.69. The van der Waals surface area contributed by atoms with E-state index in [0.717, 1.165) is 10.2 Å². The predicted molar refractivity (Wildman–Crippen MR) is 100.0 cm³/mol. The molecular weight excluding hydrogens is 384 g/mol. The number of rotatable bonds is 4. The van der Waals surface area contributed by atoms with Crippen molar-refractivity contribution in [1.29, 1.82) is 0 Å². The van der Waals surface area contributed by atoms with Crippen LogP contribution in [0.1, 0.15) is 17.3 Å². The second-order valence-corrected chi connectivity index (χ2v) is 6.28. The van der Waals surface area contributed by atoms with Crippen LogP contribution in [0.15, 0.2) is 65.4 Å². The number of nitrogens with one attached hydrogen (secondary N) is 2. The average molecular weight is 399 g/mol. The highest BCUT2D eigenvalue weighted by Crippen LogP contribution is 2.16. The Kier molecular flexibility index (Phi) is 4.95. The molecule has 0 saturated carbocycles. The predicted octanol–water partition coefficient (Wildman–Crippen LogP) is 3.85. The molecule has 2 amide bonds. The van der Waals surface area contributed by atoms with Crippen LogP contribution in [0.5, 0.6) is 0 Å². The molecule has 0 atom stereocenters. The van der Waals surface area contributed by atoms with Crippen molar-refractivity contribution in [3.8, 4) is 5.69 Å². The maximum atomic E-state index is 12.3. The molecule has 7 heteroatoms. The Bertz CT molecular complexity index is 902. The van der Waals surface area contributed by atoms with Crippen LogP contribution >= 0.6 is 15.9 Å². The standard InChI is InChI=1S/C18H15BrN4O2/c1-12(24)21-15-4-6-16(7-5-15)22-18(25)13-10-20-23(11-13)17-8-2-14(19)3-9-17/h2-11H,1H3,(H,21,24)(H,22,25). The third-order valence-corrected chi connectivity index (χ3v) is 3.93. The maximum Gasteiger partial charge on any atom is 0.258 e. The van der Waals surface area contributed by atoms with Crippen LogP contribution in [0.2, 0.25) is 0 Å². The van der Waals surface area contributed by atoms with Crippen molar-refractivity contribution in [3.05, 3.63) is 71.0 Å². The molecule has 2 N–H and O–H groups in total. The number of benzene rings is 2. The van der Waals surface area contributed by atoms with Gasteiger partial charge in [-0.05, 0) is 48.5 Å². The zero-order valence-corrected chi connectivity index (χ0v) is 14.9. The fourth-order valence-electron chi connectivity index (χ4n) is 2.22. The van der Waals surface area contributed by atoms with Crippen molar-refractivity contribution in [2.75, 3.05) is 10.6 Å². The molecule has 1 aromatic heterocycles. The molecule has 0 spiro atoms. The van der Waals surface area contributed by atoms with Gasteiger partial charge in [0.15, 0.2) is 0 Å². The van der Waals surface area contributed by atoms with E-state index in [-0.39, 0.29) is 11.8 Å². The van der Waals surface area contributed by atoms with E-state index in [1.807, 2.05) is 24.3 Å². The number of anilines is 2. The van der Waals surface area contributed by atoms with E-state index in [2.05, 4.69) is 31.7 Å². The van der Waals surface area contributed by atoms with Crippen molar-refractivity contribution < 1.29 is 9.59 Å². The van der Waals surface area contributed by atoms with E-state index in [9.17, 15) is 9.59 Å². The van der Waals surface area contributed by atoms with Crippen LogP contribution in [0.3, 0.4) is 0 Å². The molecule has 2 aromatic carbocycles. The third-order valence-electron chi connectivity index (χ3n) is 3.40. The lowest BCUT2D eigenvalue weighted by Crippen LogP contribution is -2.11. The number of amides is 2. The van der Waals surface area contributed by atoms with Gasteiger partial charge in [-0.25, -0.2) is 4.68 Å². The summed E-state index contributed by atoms with van der Waals surface area (Å²) in [5.41, 5.74) is 2.62. The number of aromatic nitrogens is 2. The maximum absolute atomic E-state index is 12.3. The lowest BCUT2D eigenvalue weighted by molar-refractivity contribution is -0.114. The molecule has 3 aromatic rings. The van der Waals surface area contributed by atoms with Gasteiger partial charge in [-0.2, -0.15) is 5.10 Å². The van der Waals surface area contributed by atoms with E-state index in [4.69, 9.17) is 0 Å². The lowest BCUT2D eigenvalue weighted by atomic mass is 10.2. The minimum absolute atomic E-state index is 0.142. The Morgan fingerprint density at radius 1 is 0.960 bits per heavy atom. The van der Waals surface area contributed by atoms with Gasteiger partial charge in [-0.3, -0.25) is 9.59 Å². The number of nitrogens with zero attached hydrogens (tertiary/aromatic N) is 2. The zero-order chi connectivity index (χ0) is 17.8. The summed E-state index contributed by atoms with van der Waals surface area (Å²) in [5.74, 6) is -0.396. The van der Waals surface area contributed by atoms with Crippen LogP contribution < -0.4 is 10.6 Å². The van der Waals surface area contributed by atoms with E-state index in [0.29, 0.717) is 16.9 Å². The Hall–Kier alpha value is -2.93. The first-order valence-corrected chi connectivity index (χ1v) is 8.30. The van der Waals surface area contributed by atoms with Gasteiger partial charge in [0.2, 0.25) is 5.91 Å². The van der Waals surface area contributed by atoms with Gasteiger partial charge in [0.1, 0.15) is 0 Å². The second-order valence-electron chi connectivity index (χ2n) is 5.36. The number of carbonyl (C=O) groups excluding carboxylic acids is 2. The van der Waals surface area contributed by atoms with E-state index >= 15 is 0 Å². The van der Waals surface area contributed by atoms with Gasteiger partial charge < -0.3 is 10.6 Å². The van der Waals surface area contributed by atoms with E-state index in [1.54, 1.807) is 35.1 Å². The summed E-state index contributed by atoms with van der Waals surface area (Å²) in [7, 11) is 0. The highest BCUT2D eigenvalue weighted by molar-refractivity contribution is 9.10. The highest BCUT2D eigenvalue weighted by Gasteiger charge is 2.10. The van der Waals surface area contributed by atoms with E-state index < -0.39 is 0 Å². The van der Waals surface area contributed by atoms with Crippen LogP contribution in [0.4, 0.5) is 11.4 Å². The smallest absolute Gasteiger partial charge is 0.258 e. The summed E-state index contributed by atoms with van der Waals surface area (Å²) >= 11 is 3.38. The molecule has 0 aliphatic carbocycles. The molecule has 0 radical (unpaired) electrons. The molecule has 6 nitrogen and oxygen atoms in total. The molecule has 0 fully saturated rings. The van der Waals surface area contributed by atoms with Gasteiger partial charge >= 0.3 is 0 Å². The average Bonchev–Trinajstić information content (AvgIpc) is 3.07.